The average molecular weight is 250 g/mol. The van der Waals surface area contributed by atoms with Gasteiger partial charge in [0.2, 0.25) is 0 Å². The number of nitrogens with zero attached hydrogens (tertiary/aromatic N) is 2. The summed E-state index contributed by atoms with van der Waals surface area (Å²) in [6.07, 6.45) is 0.975. The van der Waals surface area contributed by atoms with Crippen molar-refractivity contribution in [1.82, 2.24) is 8.83 Å². The zero-order chi connectivity index (χ0) is 11.0. The van der Waals surface area contributed by atoms with Crippen LogP contribution in [0.4, 0.5) is 7.77 Å². The summed E-state index contributed by atoms with van der Waals surface area (Å²) < 4.78 is 65.5. The maximum absolute atomic E-state index is 12.4. The van der Waals surface area contributed by atoms with Gasteiger partial charge in [-0.25, -0.2) is 5.01 Å². The van der Waals surface area contributed by atoms with E-state index in [4.69, 9.17) is 0 Å². The van der Waals surface area contributed by atoms with Crippen molar-refractivity contribution >= 4 is 20.8 Å². The van der Waals surface area contributed by atoms with E-state index in [1.807, 2.05) is 0 Å². The van der Waals surface area contributed by atoms with E-state index >= 15 is 0 Å². The van der Waals surface area contributed by atoms with E-state index in [1.165, 1.54) is 0 Å². The van der Waals surface area contributed by atoms with Gasteiger partial charge in [-0.05, 0) is 12.8 Å². The fourth-order valence-electron chi connectivity index (χ4n) is 1.25. The Morgan fingerprint density at radius 3 is 1.57 bits per heavy atom. The third-order valence-corrected chi connectivity index (χ3v) is 3.96. The lowest BCUT2D eigenvalue weighted by Gasteiger charge is -2.21. The first-order valence-electron chi connectivity index (χ1n) is 3.67. The highest BCUT2D eigenvalue weighted by Crippen LogP contribution is 2.20. The first kappa shape index (κ1) is 11.8. The molecule has 0 amide bonds. The highest BCUT2D eigenvalue weighted by Gasteiger charge is 2.40. The molecule has 0 bridgehead atoms. The number of halogens is 2. The van der Waals surface area contributed by atoms with Gasteiger partial charge in [-0.3, -0.25) is 0 Å². The van der Waals surface area contributed by atoms with Crippen molar-refractivity contribution in [3.05, 3.63) is 0 Å². The van der Waals surface area contributed by atoms with Crippen LogP contribution in [0.5, 0.6) is 0 Å². The fourth-order valence-corrected chi connectivity index (χ4v) is 2.97. The summed E-state index contributed by atoms with van der Waals surface area (Å²) in [6.45, 7) is -0.0153. The molecule has 0 aromatic heterocycles. The van der Waals surface area contributed by atoms with Crippen LogP contribution in [0.25, 0.3) is 0 Å². The van der Waals surface area contributed by atoms with Crippen LogP contribution >= 0.6 is 0 Å². The van der Waals surface area contributed by atoms with E-state index in [0.29, 0.717) is 17.9 Å². The molecule has 14 heavy (non-hydrogen) atoms. The molecule has 1 aliphatic heterocycles. The van der Waals surface area contributed by atoms with Gasteiger partial charge in [0.05, 0.1) is 0 Å². The quantitative estimate of drug-likeness (QED) is 0.644. The molecule has 1 aliphatic rings. The summed E-state index contributed by atoms with van der Waals surface area (Å²) in [5, 5.41) is 0.602. The third-order valence-electron chi connectivity index (χ3n) is 1.69. The summed E-state index contributed by atoms with van der Waals surface area (Å²) in [7, 11) is -11.2. The highest BCUT2D eigenvalue weighted by atomic mass is 32.3. The van der Waals surface area contributed by atoms with Crippen molar-refractivity contribution < 1.29 is 24.6 Å². The number of rotatable bonds is 3. The molecule has 0 aromatic carbocycles. The maximum Gasteiger partial charge on any atom is 0.404 e. The lowest BCUT2D eigenvalue weighted by atomic mass is 10.4. The largest absolute Gasteiger partial charge is 0.404 e. The Balaban J connectivity index is 3.06. The van der Waals surface area contributed by atoms with Gasteiger partial charge in [0.15, 0.2) is 0 Å². The molecule has 0 saturated carbocycles. The molecule has 0 aromatic rings. The topological polar surface area (TPSA) is 74.8 Å². The minimum atomic E-state index is -5.61. The Bertz CT molecular complexity index is 367. The molecule has 0 unspecified atom stereocenters. The number of hydrogen-bond acceptors (Lipinski definition) is 5. The maximum atomic E-state index is 12.4. The molecular formula is C4H8F2N2O4S2. The zero-order valence-electron chi connectivity index (χ0n) is 6.93. The molecule has 1 fully saturated rings. The number of hydrogen-bond donors (Lipinski definition) is 0. The smallest absolute Gasteiger partial charge is 0.209 e. The van der Waals surface area contributed by atoms with Gasteiger partial charge in [-0.1, -0.05) is 7.77 Å². The first-order valence-corrected chi connectivity index (χ1v) is 6.35. The molecule has 6 nitrogen and oxygen atoms in total. The zero-order valence-corrected chi connectivity index (χ0v) is 8.56. The standard InChI is InChI=1S/C4H8F2N2O4S2/c5-13(9,10)8(14(6,11)12)7-3-1-2-4-7/h1-4H2. The molecule has 0 radical (unpaired) electrons. The Kier molecular flexibility index (Phi) is 3.09. The molecule has 0 atom stereocenters. The second-order valence-corrected chi connectivity index (χ2v) is 5.29. The van der Waals surface area contributed by atoms with E-state index in [-0.39, 0.29) is 13.1 Å². The molecular weight excluding hydrogens is 242 g/mol. The second-order valence-electron chi connectivity index (χ2n) is 2.72. The van der Waals surface area contributed by atoms with Crippen molar-refractivity contribution in [3.63, 3.8) is 0 Å². The summed E-state index contributed by atoms with van der Waals surface area (Å²) in [5.41, 5.74) is 0. The van der Waals surface area contributed by atoms with Gasteiger partial charge in [0.25, 0.3) is 0 Å². The molecule has 10 heteroatoms. The minimum Gasteiger partial charge on any atom is -0.209 e. The highest BCUT2D eigenvalue weighted by molar-refractivity contribution is 7.99. The van der Waals surface area contributed by atoms with Crippen LogP contribution in [-0.2, 0) is 20.8 Å². The second kappa shape index (κ2) is 3.68. The third kappa shape index (κ3) is 2.59. The van der Waals surface area contributed by atoms with E-state index in [0.717, 1.165) is 0 Å². The first-order chi connectivity index (χ1) is 6.23. The van der Waals surface area contributed by atoms with Crippen LogP contribution in [0, 0.1) is 0 Å². The van der Waals surface area contributed by atoms with Crippen LogP contribution in [0.1, 0.15) is 12.8 Å². The van der Waals surface area contributed by atoms with Gasteiger partial charge in [0, 0.05) is 16.9 Å². The van der Waals surface area contributed by atoms with Crippen molar-refractivity contribution in [1.29, 1.82) is 0 Å². The van der Waals surface area contributed by atoms with Gasteiger partial charge >= 0.3 is 20.8 Å². The van der Waals surface area contributed by atoms with Crippen molar-refractivity contribution in [2.45, 2.75) is 12.8 Å². The van der Waals surface area contributed by atoms with Gasteiger partial charge in [-0.2, -0.15) is 16.8 Å². The monoisotopic (exact) mass is 250 g/mol. The van der Waals surface area contributed by atoms with Gasteiger partial charge < -0.3 is 0 Å². The summed E-state index contributed by atoms with van der Waals surface area (Å²) in [5.74, 6) is 0. The van der Waals surface area contributed by atoms with E-state index in [2.05, 4.69) is 0 Å². The van der Waals surface area contributed by atoms with Crippen LogP contribution in [0.15, 0.2) is 0 Å². The lowest BCUT2D eigenvalue weighted by Crippen LogP contribution is -2.45. The predicted molar refractivity (Wildman–Crippen MR) is 42.7 cm³/mol. The van der Waals surface area contributed by atoms with Gasteiger partial charge in [-0.15, -0.1) is 0 Å². The van der Waals surface area contributed by atoms with Crippen LogP contribution in [0.2, 0.25) is 0 Å². The number of hydrazine groups is 1. The molecule has 1 heterocycles. The molecule has 0 spiro atoms. The molecule has 84 valence electrons. The Hall–Kier alpha value is -0.320. The summed E-state index contributed by atoms with van der Waals surface area (Å²) in [6, 6.07) is 0. The molecule has 0 aliphatic carbocycles. The predicted octanol–water partition coefficient (Wildman–Crippen LogP) is -0.272. The van der Waals surface area contributed by atoms with Crippen LogP contribution < -0.4 is 0 Å². The van der Waals surface area contributed by atoms with E-state index < -0.39 is 24.6 Å². The molecule has 0 N–H and O–H groups in total. The molecule has 1 saturated heterocycles. The average Bonchev–Trinajstić information content (AvgIpc) is 2.31. The summed E-state index contributed by atoms with van der Waals surface area (Å²) in [4.78, 5) is 0. The van der Waals surface area contributed by atoms with Crippen LogP contribution in [-0.4, -0.2) is 38.8 Å². The summed E-state index contributed by atoms with van der Waals surface area (Å²) >= 11 is 0. The fraction of sp³-hybridized carbons (Fsp3) is 1.00. The van der Waals surface area contributed by atoms with Crippen molar-refractivity contribution in [3.8, 4) is 0 Å². The normalized spacial score (nSPS) is 20.5. The minimum absolute atomic E-state index is 0.00764. The lowest BCUT2D eigenvalue weighted by molar-refractivity contribution is 0.161. The van der Waals surface area contributed by atoms with E-state index in [9.17, 15) is 24.6 Å². The Labute approximate surface area is 80.8 Å². The van der Waals surface area contributed by atoms with E-state index in [1.54, 1.807) is 0 Å². The SMILES string of the molecule is O=S(=O)(F)N(N1CCCC1)S(=O)(=O)F. The van der Waals surface area contributed by atoms with Crippen molar-refractivity contribution in [2.75, 3.05) is 13.1 Å². The van der Waals surface area contributed by atoms with Gasteiger partial charge in [0.1, 0.15) is 0 Å². The van der Waals surface area contributed by atoms with Crippen LogP contribution in [0.3, 0.4) is 0 Å². The Morgan fingerprint density at radius 2 is 1.29 bits per heavy atom. The Morgan fingerprint density at radius 1 is 0.929 bits per heavy atom. The van der Waals surface area contributed by atoms with Crippen molar-refractivity contribution in [2.24, 2.45) is 0 Å². The molecule has 1 rings (SSSR count).